The van der Waals surface area contributed by atoms with E-state index in [1.807, 2.05) is 73.3 Å². The van der Waals surface area contributed by atoms with Gasteiger partial charge in [-0.2, -0.15) is 0 Å². The van der Waals surface area contributed by atoms with Crippen LogP contribution in [0.4, 0.5) is 5.69 Å². The lowest BCUT2D eigenvalue weighted by Crippen LogP contribution is -2.51. The monoisotopic (exact) mass is 451 g/mol. The molecule has 2 aliphatic rings. The third kappa shape index (κ3) is 6.55. The van der Waals surface area contributed by atoms with Gasteiger partial charge >= 0.3 is 0 Å². The van der Waals surface area contributed by atoms with Gasteiger partial charge in [-0.3, -0.25) is 14.5 Å². The van der Waals surface area contributed by atoms with E-state index in [2.05, 4.69) is 10.2 Å². The Balaban J connectivity index is 1.20. The van der Waals surface area contributed by atoms with Gasteiger partial charge < -0.3 is 19.7 Å². The van der Waals surface area contributed by atoms with E-state index >= 15 is 0 Å². The minimum absolute atomic E-state index is 0.0407. The van der Waals surface area contributed by atoms with Gasteiger partial charge in [0, 0.05) is 24.7 Å². The van der Waals surface area contributed by atoms with Crippen LogP contribution >= 0.6 is 0 Å². The lowest BCUT2D eigenvalue weighted by Gasteiger charge is -2.39. The number of nitrogens with zero attached hydrogens (tertiary/aromatic N) is 2. The van der Waals surface area contributed by atoms with Crippen LogP contribution in [0.1, 0.15) is 26.7 Å². The van der Waals surface area contributed by atoms with Crippen molar-refractivity contribution in [1.29, 1.82) is 0 Å². The van der Waals surface area contributed by atoms with Gasteiger partial charge in [-0.05, 0) is 76.2 Å². The smallest absolute Gasteiger partial charge is 0.238 e. The first-order chi connectivity index (χ1) is 16.0. The molecule has 2 heterocycles. The number of carbonyl (C=O) groups is 2. The molecule has 33 heavy (non-hydrogen) atoms. The average molecular weight is 452 g/mol. The van der Waals surface area contributed by atoms with Gasteiger partial charge in [0.05, 0.1) is 18.8 Å². The molecule has 7 heteroatoms. The summed E-state index contributed by atoms with van der Waals surface area (Å²) in [5.41, 5.74) is 0.737. The van der Waals surface area contributed by atoms with E-state index in [0.717, 1.165) is 43.1 Å². The van der Waals surface area contributed by atoms with E-state index in [1.54, 1.807) is 0 Å². The summed E-state index contributed by atoms with van der Waals surface area (Å²) in [6.07, 6.45) is 1.75. The summed E-state index contributed by atoms with van der Waals surface area (Å²) < 4.78 is 11.5. The van der Waals surface area contributed by atoms with Crippen molar-refractivity contribution in [3.8, 4) is 11.5 Å². The fraction of sp³-hybridized carbons (Fsp3) is 0.462. The molecule has 2 fully saturated rings. The van der Waals surface area contributed by atoms with Gasteiger partial charge in [-0.15, -0.1) is 0 Å². The SMILES string of the molecule is CC1CN(C(=O)C2CCN(CC(=O)Nc3ccc(Oc4ccccc4)cc3)CC2)CC(C)O1. The molecule has 7 nitrogen and oxygen atoms in total. The molecule has 1 N–H and O–H groups in total. The number of amides is 2. The Morgan fingerprint density at radius 1 is 0.939 bits per heavy atom. The van der Waals surface area contributed by atoms with Crippen LogP contribution < -0.4 is 10.1 Å². The van der Waals surface area contributed by atoms with Crippen molar-refractivity contribution in [2.75, 3.05) is 38.0 Å². The third-order valence-corrected chi connectivity index (χ3v) is 6.15. The summed E-state index contributed by atoms with van der Waals surface area (Å²) in [6, 6.07) is 16.9. The number of piperidine rings is 1. The van der Waals surface area contributed by atoms with Crippen LogP contribution in [-0.2, 0) is 14.3 Å². The first-order valence-electron chi connectivity index (χ1n) is 11.8. The lowest BCUT2D eigenvalue weighted by molar-refractivity contribution is -0.148. The fourth-order valence-electron chi connectivity index (χ4n) is 4.59. The van der Waals surface area contributed by atoms with Crippen LogP contribution in [0.15, 0.2) is 54.6 Å². The second kappa shape index (κ2) is 10.8. The van der Waals surface area contributed by atoms with Crippen molar-refractivity contribution in [3.63, 3.8) is 0 Å². The van der Waals surface area contributed by atoms with E-state index in [4.69, 9.17) is 9.47 Å². The Morgan fingerprint density at radius 3 is 2.18 bits per heavy atom. The minimum Gasteiger partial charge on any atom is -0.457 e. The molecule has 2 atom stereocenters. The number of likely N-dealkylation sites (tertiary alicyclic amines) is 1. The molecule has 2 aromatic carbocycles. The molecule has 0 aliphatic carbocycles. The number of morpholine rings is 1. The molecule has 2 unspecified atom stereocenters. The second-order valence-corrected chi connectivity index (χ2v) is 9.04. The second-order valence-electron chi connectivity index (χ2n) is 9.04. The maximum atomic E-state index is 12.9. The Hall–Kier alpha value is -2.90. The van der Waals surface area contributed by atoms with E-state index < -0.39 is 0 Å². The number of hydrogen-bond donors (Lipinski definition) is 1. The van der Waals surface area contributed by atoms with Gasteiger partial charge in [-0.1, -0.05) is 18.2 Å². The first kappa shape index (κ1) is 23.3. The van der Waals surface area contributed by atoms with Crippen LogP contribution in [0.2, 0.25) is 0 Å². The van der Waals surface area contributed by atoms with E-state index in [-0.39, 0.29) is 29.9 Å². The molecule has 2 aromatic rings. The Bertz CT molecular complexity index is 916. The maximum Gasteiger partial charge on any atom is 0.238 e. The molecule has 4 rings (SSSR count). The summed E-state index contributed by atoms with van der Waals surface area (Å²) in [5, 5.41) is 2.95. The van der Waals surface area contributed by atoms with Gasteiger partial charge in [0.15, 0.2) is 0 Å². The Kier molecular flexibility index (Phi) is 7.62. The van der Waals surface area contributed by atoms with Crippen molar-refractivity contribution in [3.05, 3.63) is 54.6 Å². The molecule has 0 aromatic heterocycles. The van der Waals surface area contributed by atoms with Gasteiger partial charge in [0.25, 0.3) is 0 Å². The molecule has 2 amide bonds. The minimum atomic E-state index is -0.0488. The van der Waals surface area contributed by atoms with E-state index in [9.17, 15) is 9.59 Å². The van der Waals surface area contributed by atoms with Crippen molar-refractivity contribution in [2.45, 2.75) is 38.9 Å². The standard InChI is InChI=1S/C26H33N3O4/c1-19-16-29(17-20(2)32-19)26(31)21-12-14-28(15-13-21)18-25(30)27-22-8-10-24(11-9-22)33-23-6-4-3-5-7-23/h3-11,19-21H,12-18H2,1-2H3,(H,27,30). The van der Waals surface area contributed by atoms with Crippen LogP contribution in [0.25, 0.3) is 0 Å². The molecular weight excluding hydrogens is 418 g/mol. The van der Waals surface area contributed by atoms with Crippen LogP contribution in [0, 0.1) is 5.92 Å². The summed E-state index contributed by atoms with van der Waals surface area (Å²) in [6.45, 7) is 7.20. The van der Waals surface area contributed by atoms with Gasteiger partial charge in [-0.25, -0.2) is 0 Å². The van der Waals surface area contributed by atoms with Crippen molar-refractivity contribution >= 4 is 17.5 Å². The predicted molar refractivity (Wildman–Crippen MR) is 127 cm³/mol. The Labute approximate surface area is 195 Å². The number of anilines is 1. The van der Waals surface area contributed by atoms with E-state index in [0.29, 0.717) is 19.6 Å². The third-order valence-electron chi connectivity index (χ3n) is 6.15. The zero-order valence-electron chi connectivity index (χ0n) is 19.4. The largest absolute Gasteiger partial charge is 0.457 e. The number of carbonyl (C=O) groups excluding carboxylic acids is 2. The molecule has 176 valence electrons. The molecule has 0 radical (unpaired) electrons. The van der Waals surface area contributed by atoms with Crippen LogP contribution in [0.3, 0.4) is 0 Å². The van der Waals surface area contributed by atoms with Crippen molar-refractivity contribution in [2.24, 2.45) is 5.92 Å². The number of benzene rings is 2. The normalized spacial score (nSPS) is 22.1. The number of nitrogens with one attached hydrogen (secondary N) is 1. The summed E-state index contributed by atoms with van der Waals surface area (Å²) >= 11 is 0. The molecule has 2 aliphatic heterocycles. The van der Waals surface area contributed by atoms with Gasteiger partial charge in [0.1, 0.15) is 11.5 Å². The highest BCUT2D eigenvalue weighted by Gasteiger charge is 2.32. The average Bonchev–Trinajstić information content (AvgIpc) is 2.80. The number of rotatable bonds is 6. The molecular formula is C26H33N3O4. The zero-order valence-corrected chi connectivity index (χ0v) is 19.4. The highest BCUT2D eigenvalue weighted by molar-refractivity contribution is 5.92. The summed E-state index contributed by atoms with van der Waals surface area (Å²) in [5.74, 6) is 1.72. The lowest BCUT2D eigenvalue weighted by atomic mass is 9.94. The predicted octanol–water partition coefficient (Wildman–Crippen LogP) is 3.77. The zero-order chi connectivity index (χ0) is 23.2. The maximum absolute atomic E-state index is 12.9. The quantitative estimate of drug-likeness (QED) is 0.724. The molecule has 2 saturated heterocycles. The fourth-order valence-corrected chi connectivity index (χ4v) is 4.59. The van der Waals surface area contributed by atoms with Crippen molar-refractivity contribution in [1.82, 2.24) is 9.80 Å². The Morgan fingerprint density at radius 2 is 1.55 bits per heavy atom. The van der Waals surface area contributed by atoms with Gasteiger partial charge in [0.2, 0.25) is 11.8 Å². The van der Waals surface area contributed by atoms with Crippen molar-refractivity contribution < 1.29 is 19.1 Å². The number of ether oxygens (including phenoxy) is 2. The number of para-hydroxylation sites is 1. The highest BCUT2D eigenvalue weighted by atomic mass is 16.5. The first-order valence-corrected chi connectivity index (χ1v) is 11.8. The summed E-state index contributed by atoms with van der Waals surface area (Å²) in [7, 11) is 0. The van der Waals surface area contributed by atoms with E-state index in [1.165, 1.54) is 0 Å². The molecule has 0 saturated carbocycles. The van der Waals surface area contributed by atoms with Crippen LogP contribution in [-0.4, -0.2) is 66.5 Å². The summed E-state index contributed by atoms with van der Waals surface area (Å²) in [4.78, 5) is 29.5. The molecule has 0 spiro atoms. The topological polar surface area (TPSA) is 71.1 Å². The molecule has 0 bridgehead atoms. The number of hydrogen-bond acceptors (Lipinski definition) is 5. The van der Waals surface area contributed by atoms with Crippen LogP contribution in [0.5, 0.6) is 11.5 Å². The highest BCUT2D eigenvalue weighted by Crippen LogP contribution is 2.24.